The quantitative estimate of drug-likeness (QED) is 0.575. The molecule has 0 spiro atoms. The Balaban J connectivity index is 1.92. The molecule has 3 saturated heterocycles. The molecule has 0 radical (unpaired) electrons. The third-order valence-corrected chi connectivity index (χ3v) is 5.48. The van der Waals surface area contributed by atoms with Crippen molar-refractivity contribution in [1.29, 1.82) is 0 Å². The molecule has 4 heterocycles. The molecule has 3 aliphatic heterocycles. The third kappa shape index (κ3) is 2.73. The second kappa shape index (κ2) is 5.77. The molecule has 19 heavy (non-hydrogen) atoms. The van der Waals surface area contributed by atoms with E-state index >= 15 is 0 Å². The monoisotopic (exact) mass is 394 g/mol. The van der Waals surface area contributed by atoms with Gasteiger partial charge in [0.1, 0.15) is 11.0 Å². The molecule has 1 aromatic rings. The number of piperazine rings is 3. The van der Waals surface area contributed by atoms with Crippen molar-refractivity contribution in [1.82, 2.24) is 19.8 Å². The summed E-state index contributed by atoms with van der Waals surface area (Å²) in [7, 11) is 1.67. The number of fused-ring (bicyclic) bond motifs is 3. The van der Waals surface area contributed by atoms with Gasteiger partial charge in [-0.05, 0) is 22.6 Å². The zero-order valence-electron chi connectivity index (χ0n) is 10.8. The van der Waals surface area contributed by atoms with Crippen LogP contribution in [-0.2, 0) is 11.3 Å². The summed E-state index contributed by atoms with van der Waals surface area (Å²) >= 11 is 8.41. The van der Waals surface area contributed by atoms with Gasteiger partial charge in [-0.3, -0.25) is 9.80 Å². The smallest absolute Gasteiger partial charge is 0.148 e. The summed E-state index contributed by atoms with van der Waals surface area (Å²) in [4.78, 5) is 14.1. The Labute approximate surface area is 131 Å². The first-order valence-corrected chi connectivity index (χ1v) is 7.82. The van der Waals surface area contributed by atoms with Gasteiger partial charge in [0.15, 0.2) is 0 Å². The van der Waals surface area contributed by atoms with E-state index in [2.05, 4.69) is 42.4 Å². The molecule has 104 valence electrons. The molecule has 0 amide bonds. The third-order valence-electron chi connectivity index (χ3n) is 3.75. The van der Waals surface area contributed by atoms with E-state index in [1.54, 1.807) is 7.11 Å². The Morgan fingerprint density at radius 3 is 2.63 bits per heavy atom. The topological polar surface area (TPSA) is 41.5 Å². The van der Waals surface area contributed by atoms with Crippen LogP contribution >= 0.6 is 34.2 Å². The number of methoxy groups -OCH3 is 1. The molecule has 1 unspecified atom stereocenters. The highest BCUT2D eigenvalue weighted by molar-refractivity contribution is 14.1. The largest absolute Gasteiger partial charge is 0.378 e. The molecular formula is C12H16ClIN4O. The maximum Gasteiger partial charge on any atom is 0.148 e. The average molecular weight is 395 g/mol. The lowest BCUT2D eigenvalue weighted by atomic mass is 10.1. The van der Waals surface area contributed by atoms with Crippen LogP contribution in [0.5, 0.6) is 0 Å². The average Bonchev–Trinajstić information content (AvgIpc) is 2.45. The normalized spacial score (nSPS) is 29.7. The molecule has 1 atom stereocenters. The van der Waals surface area contributed by atoms with Crippen LogP contribution < -0.4 is 0 Å². The Morgan fingerprint density at radius 1 is 1.32 bits per heavy atom. The molecule has 7 heteroatoms. The second-order valence-corrected chi connectivity index (χ2v) is 6.36. The van der Waals surface area contributed by atoms with Crippen LogP contribution in [0.1, 0.15) is 17.6 Å². The molecule has 2 bridgehead atoms. The highest BCUT2D eigenvalue weighted by Crippen LogP contribution is 2.29. The van der Waals surface area contributed by atoms with Gasteiger partial charge in [-0.15, -0.1) is 0 Å². The predicted octanol–water partition coefficient (Wildman–Crippen LogP) is 1.55. The summed E-state index contributed by atoms with van der Waals surface area (Å²) in [6, 6.07) is 0.271. The van der Waals surface area contributed by atoms with Crippen LogP contribution in [0.3, 0.4) is 0 Å². The van der Waals surface area contributed by atoms with Gasteiger partial charge >= 0.3 is 0 Å². The van der Waals surface area contributed by atoms with Gasteiger partial charge < -0.3 is 4.74 Å². The number of halogens is 2. The molecule has 0 saturated carbocycles. The van der Waals surface area contributed by atoms with Crippen molar-refractivity contribution >= 4 is 34.2 Å². The fourth-order valence-electron chi connectivity index (χ4n) is 2.73. The summed E-state index contributed by atoms with van der Waals surface area (Å²) in [5, 5.41) is 0.537. The fourth-order valence-corrected chi connectivity index (χ4v) is 3.32. The van der Waals surface area contributed by atoms with Crippen molar-refractivity contribution in [3.05, 3.63) is 20.2 Å². The van der Waals surface area contributed by atoms with Crippen molar-refractivity contribution in [2.45, 2.75) is 12.6 Å². The Kier molecular flexibility index (Phi) is 4.23. The van der Waals surface area contributed by atoms with Crippen LogP contribution in [0.15, 0.2) is 0 Å². The van der Waals surface area contributed by atoms with Crippen LogP contribution in [-0.4, -0.2) is 59.6 Å². The Bertz CT molecular complexity index is 479. The van der Waals surface area contributed by atoms with Crippen LogP contribution in [0.25, 0.3) is 0 Å². The summed E-state index contributed by atoms with van der Waals surface area (Å²) in [5.74, 6) is 0.835. The molecule has 3 aliphatic rings. The first-order chi connectivity index (χ1) is 9.19. The second-order valence-electron chi connectivity index (χ2n) is 4.92. The number of hydrogen-bond donors (Lipinski definition) is 0. The number of hydrogen-bond acceptors (Lipinski definition) is 5. The minimum Gasteiger partial charge on any atom is -0.378 e. The summed E-state index contributed by atoms with van der Waals surface area (Å²) in [6.45, 7) is 5.97. The molecule has 0 N–H and O–H groups in total. The van der Waals surface area contributed by atoms with Gasteiger partial charge in [-0.1, -0.05) is 11.6 Å². The van der Waals surface area contributed by atoms with Crippen LogP contribution in [0.4, 0.5) is 0 Å². The SMILES string of the molecule is COCc1nc(C2CN3CCN2CC3)nc(Cl)c1I. The van der Waals surface area contributed by atoms with E-state index in [9.17, 15) is 0 Å². The summed E-state index contributed by atoms with van der Waals surface area (Å²) in [5.41, 5.74) is 0.885. The zero-order chi connectivity index (χ0) is 13.4. The minimum atomic E-state index is 0.271. The van der Waals surface area contributed by atoms with Gasteiger partial charge in [0.25, 0.3) is 0 Å². The maximum absolute atomic E-state index is 6.23. The van der Waals surface area contributed by atoms with E-state index in [0.29, 0.717) is 11.8 Å². The number of rotatable bonds is 3. The van der Waals surface area contributed by atoms with E-state index in [1.807, 2.05) is 0 Å². The van der Waals surface area contributed by atoms with Gasteiger partial charge in [0.2, 0.25) is 0 Å². The van der Waals surface area contributed by atoms with Gasteiger partial charge in [0, 0.05) is 39.8 Å². The molecule has 1 aromatic heterocycles. The van der Waals surface area contributed by atoms with Crippen molar-refractivity contribution in [2.24, 2.45) is 0 Å². The fraction of sp³-hybridized carbons (Fsp3) is 0.667. The summed E-state index contributed by atoms with van der Waals surface area (Å²) in [6.07, 6.45) is 0. The molecular weight excluding hydrogens is 379 g/mol. The minimum absolute atomic E-state index is 0.271. The Hall–Kier alpha value is -0.0200. The first-order valence-electron chi connectivity index (χ1n) is 6.36. The molecule has 0 aliphatic carbocycles. The van der Waals surface area contributed by atoms with Gasteiger partial charge in [-0.25, -0.2) is 9.97 Å². The number of ether oxygens (including phenoxy) is 1. The van der Waals surface area contributed by atoms with Crippen molar-refractivity contribution in [3.8, 4) is 0 Å². The molecule has 4 rings (SSSR count). The van der Waals surface area contributed by atoms with E-state index in [-0.39, 0.29) is 6.04 Å². The molecule has 5 nitrogen and oxygen atoms in total. The lowest BCUT2D eigenvalue weighted by Crippen LogP contribution is -2.57. The van der Waals surface area contributed by atoms with E-state index < -0.39 is 0 Å². The zero-order valence-corrected chi connectivity index (χ0v) is 13.7. The van der Waals surface area contributed by atoms with Crippen LogP contribution in [0.2, 0.25) is 5.15 Å². The molecule has 3 fully saturated rings. The first kappa shape index (κ1) is 13.9. The number of aromatic nitrogens is 2. The van der Waals surface area contributed by atoms with Crippen molar-refractivity contribution in [2.75, 3.05) is 39.8 Å². The number of nitrogens with zero attached hydrogens (tertiary/aromatic N) is 4. The standard InChI is InChI=1S/C12H16ClIN4O/c1-19-7-8-10(14)11(13)16-12(15-8)9-6-17-2-4-18(9)5-3-17/h9H,2-7H2,1H3. The molecule has 0 aromatic carbocycles. The maximum atomic E-state index is 6.23. The highest BCUT2D eigenvalue weighted by atomic mass is 127. The van der Waals surface area contributed by atoms with Crippen molar-refractivity contribution in [3.63, 3.8) is 0 Å². The van der Waals surface area contributed by atoms with E-state index in [4.69, 9.17) is 16.3 Å². The Morgan fingerprint density at radius 2 is 2.05 bits per heavy atom. The van der Waals surface area contributed by atoms with E-state index in [0.717, 1.165) is 47.8 Å². The lowest BCUT2D eigenvalue weighted by molar-refractivity contribution is 0.00839. The highest BCUT2D eigenvalue weighted by Gasteiger charge is 2.35. The van der Waals surface area contributed by atoms with Crippen LogP contribution in [0, 0.1) is 3.57 Å². The van der Waals surface area contributed by atoms with Crippen molar-refractivity contribution < 1.29 is 4.74 Å². The lowest BCUT2D eigenvalue weighted by Gasteiger charge is -2.46. The van der Waals surface area contributed by atoms with E-state index in [1.165, 1.54) is 0 Å². The predicted molar refractivity (Wildman–Crippen MR) is 81.2 cm³/mol. The van der Waals surface area contributed by atoms with Gasteiger partial charge in [0.05, 0.1) is 21.9 Å². The summed E-state index contributed by atoms with van der Waals surface area (Å²) < 4.78 is 6.08. The van der Waals surface area contributed by atoms with Gasteiger partial charge in [-0.2, -0.15) is 0 Å².